The van der Waals surface area contributed by atoms with E-state index in [0.717, 1.165) is 25.9 Å². The SMILES string of the molecule is CN(C1CCNCC1)S(=O)(=O)c1cccc(Cl)c1Cl. The summed E-state index contributed by atoms with van der Waals surface area (Å²) in [6.07, 6.45) is 1.60. The van der Waals surface area contributed by atoms with Crippen molar-refractivity contribution in [3.63, 3.8) is 0 Å². The molecule has 0 bridgehead atoms. The van der Waals surface area contributed by atoms with Gasteiger partial charge in [-0.05, 0) is 38.1 Å². The maximum Gasteiger partial charge on any atom is 0.244 e. The molecule has 1 aromatic rings. The van der Waals surface area contributed by atoms with Crippen LogP contribution in [0.25, 0.3) is 0 Å². The molecule has 7 heteroatoms. The highest BCUT2D eigenvalue weighted by molar-refractivity contribution is 7.89. The van der Waals surface area contributed by atoms with Gasteiger partial charge < -0.3 is 5.32 Å². The van der Waals surface area contributed by atoms with Crippen LogP contribution in [-0.4, -0.2) is 38.9 Å². The Hall–Kier alpha value is -0.330. The molecule has 0 atom stereocenters. The van der Waals surface area contributed by atoms with E-state index in [4.69, 9.17) is 23.2 Å². The molecule has 2 rings (SSSR count). The topological polar surface area (TPSA) is 49.4 Å². The Morgan fingerprint density at radius 2 is 1.89 bits per heavy atom. The van der Waals surface area contributed by atoms with Crippen molar-refractivity contribution >= 4 is 33.2 Å². The largest absolute Gasteiger partial charge is 0.317 e. The van der Waals surface area contributed by atoms with Crippen LogP contribution in [0.5, 0.6) is 0 Å². The van der Waals surface area contributed by atoms with Crippen LogP contribution in [0.4, 0.5) is 0 Å². The van der Waals surface area contributed by atoms with Gasteiger partial charge in [0.25, 0.3) is 0 Å². The third-order valence-corrected chi connectivity index (χ3v) is 6.28. The first-order chi connectivity index (χ1) is 8.94. The standard InChI is InChI=1S/C12H16Cl2N2O2S/c1-16(9-5-7-15-8-6-9)19(17,18)11-4-2-3-10(13)12(11)14/h2-4,9,15H,5-8H2,1H3. The lowest BCUT2D eigenvalue weighted by atomic mass is 10.1. The van der Waals surface area contributed by atoms with Gasteiger partial charge in [0.1, 0.15) is 4.90 Å². The van der Waals surface area contributed by atoms with E-state index in [9.17, 15) is 8.42 Å². The van der Waals surface area contributed by atoms with E-state index in [2.05, 4.69) is 5.32 Å². The first kappa shape index (κ1) is 15.1. The number of rotatable bonds is 3. The lowest BCUT2D eigenvalue weighted by Gasteiger charge is -2.31. The summed E-state index contributed by atoms with van der Waals surface area (Å²) < 4.78 is 26.5. The van der Waals surface area contributed by atoms with Crippen LogP contribution in [-0.2, 0) is 10.0 Å². The zero-order valence-electron chi connectivity index (χ0n) is 10.6. The van der Waals surface area contributed by atoms with Gasteiger partial charge in [-0.2, -0.15) is 4.31 Å². The second-order valence-electron chi connectivity index (χ2n) is 4.55. The number of hydrogen-bond donors (Lipinski definition) is 1. The fourth-order valence-electron chi connectivity index (χ4n) is 2.20. The maximum absolute atomic E-state index is 12.6. The number of sulfonamides is 1. The average Bonchev–Trinajstić information content (AvgIpc) is 2.41. The number of benzene rings is 1. The molecule has 106 valence electrons. The number of halogens is 2. The van der Waals surface area contributed by atoms with Crippen LogP contribution in [0, 0.1) is 0 Å². The Morgan fingerprint density at radius 1 is 1.26 bits per heavy atom. The zero-order valence-corrected chi connectivity index (χ0v) is 12.9. The summed E-state index contributed by atoms with van der Waals surface area (Å²) in [6, 6.07) is 4.66. The highest BCUT2D eigenvalue weighted by Crippen LogP contribution is 2.31. The van der Waals surface area contributed by atoms with E-state index in [1.54, 1.807) is 19.2 Å². The number of piperidine rings is 1. The Bertz CT molecular complexity index is 557. The fourth-order valence-corrected chi connectivity index (χ4v) is 4.35. The third-order valence-electron chi connectivity index (χ3n) is 3.40. The summed E-state index contributed by atoms with van der Waals surface area (Å²) in [4.78, 5) is 0.0719. The van der Waals surface area contributed by atoms with Crippen LogP contribution in [0.3, 0.4) is 0 Å². The summed E-state index contributed by atoms with van der Waals surface area (Å²) in [5.41, 5.74) is 0. The van der Waals surface area contributed by atoms with E-state index < -0.39 is 10.0 Å². The van der Waals surface area contributed by atoms with Crippen molar-refractivity contribution in [2.24, 2.45) is 0 Å². The molecule has 0 saturated carbocycles. The number of nitrogens with zero attached hydrogens (tertiary/aromatic N) is 1. The predicted molar refractivity (Wildman–Crippen MR) is 77.3 cm³/mol. The van der Waals surface area contributed by atoms with Gasteiger partial charge >= 0.3 is 0 Å². The fraction of sp³-hybridized carbons (Fsp3) is 0.500. The van der Waals surface area contributed by atoms with Gasteiger partial charge in [-0.15, -0.1) is 0 Å². The Morgan fingerprint density at radius 3 is 2.53 bits per heavy atom. The first-order valence-electron chi connectivity index (χ1n) is 6.07. The quantitative estimate of drug-likeness (QED) is 0.929. The molecule has 1 N–H and O–H groups in total. The summed E-state index contributed by atoms with van der Waals surface area (Å²) in [5.74, 6) is 0. The van der Waals surface area contributed by atoms with Gasteiger partial charge in [0, 0.05) is 13.1 Å². The Kier molecular flexibility index (Phi) is 4.74. The second-order valence-corrected chi connectivity index (χ2v) is 7.31. The summed E-state index contributed by atoms with van der Waals surface area (Å²) in [6.45, 7) is 1.65. The molecule has 4 nitrogen and oxygen atoms in total. The molecule has 0 aromatic heterocycles. The molecule has 1 aliphatic heterocycles. The normalized spacial score (nSPS) is 17.9. The van der Waals surface area contributed by atoms with E-state index in [1.165, 1.54) is 10.4 Å². The Balaban J connectivity index is 2.33. The second kappa shape index (κ2) is 5.97. The van der Waals surface area contributed by atoms with Crippen molar-refractivity contribution in [1.82, 2.24) is 9.62 Å². The van der Waals surface area contributed by atoms with Crippen LogP contribution >= 0.6 is 23.2 Å². The number of hydrogen-bond acceptors (Lipinski definition) is 3. The molecule has 1 aliphatic rings. The molecule has 0 amide bonds. The molecular formula is C12H16Cl2N2O2S. The van der Waals surface area contributed by atoms with Crippen molar-refractivity contribution in [1.29, 1.82) is 0 Å². The average molecular weight is 323 g/mol. The summed E-state index contributed by atoms with van der Waals surface area (Å²) >= 11 is 11.9. The van der Waals surface area contributed by atoms with Gasteiger partial charge in [0.2, 0.25) is 10.0 Å². The molecule has 0 spiro atoms. The van der Waals surface area contributed by atoms with Crippen molar-refractivity contribution < 1.29 is 8.42 Å². The molecule has 1 heterocycles. The van der Waals surface area contributed by atoms with Crippen LogP contribution < -0.4 is 5.32 Å². The summed E-state index contributed by atoms with van der Waals surface area (Å²) in [7, 11) is -2.00. The predicted octanol–water partition coefficient (Wildman–Crippen LogP) is 2.37. The van der Waals surface area contributed by atoms with E-state index in [-0.39, 0.29) is 21.0 Å². The minimum Gasteiger partial charge on any atom is -0.317 e. The molecule has 1 aromatic carbocycles. The van der Waals surface area contributed by atoms with E-state index in [0.29, 0.717) is 0 Å². The lowest BCUT2D eigenvalue weighted by Crippen LogP contribution is -2.43. The van der Waals surface area contributed by atoms with Crippen LogP contribution in [0.2, 0.25) is 10.0 Å². The third kappa shape index (κ3) is 3.06. The molecule has 19 heavy (non-hydrogen) atoms. The summed E-state index contributed by atoms with van der Waals surface area (Å²) in [5, 5.41) is 3.55. The minimum absolute atomic E-state index is 0.00120. The number of nitrogens with one attached hydrogen (secondary N) is 1. The van der Waals surface area contributed by atoms with E-state index in [1.807, 2.05) is 0 Å². The molecule has 1 fully saturated rings. The van der Waals surface area contributed by atoms with Gasteiger partial charge in [0.05, 0.1) is 10.0 Å². The first-order valence-corrected chi connectivity index (χ1v) is 8.27. The maximum atomic E-state index is 12.6. The minimum atomic E-state index is -3.60. The molecule has 0 unspecified atom stereocenters. The van der Waals surface area contributed by atoms with Crippen LogP contribution in [0.15, 0.2) is 23.1 Å². The lowest BCUT2D eigenvalue weighted by molar-refractivity contribution is 0.296. The van der Waals surface area contributed by atoms with Crippen molar-refractivity contribution in [2.75, 3.05) is 20.1 Å². The van der Waals surface area contributed by atoms with Crippen molar-refractivity contribution in [3.05, 3.63) is 28.2 Å². The highest BCUT2D eigenvalue weighted by atomic mass is 35.5. The molecular weight excluding hydrogens is 307 g/mol. The van der Waals surface area contributed by atoms with E-state index >= 15 is 0 Å². The van der Waals surface area contributed by atoms with Gasteiger partial charge in [-0.25, -0.2) is 8.42 Å². The molecule has 0 radical (unpaired) electrons. The highest BCUT2D eigenvalue weighted by Gasteiger charge is 2.30. The monoisotopic (exact) mass is 322 g/mol. The van der Waals surface area contributed by atoms with Crippen molar-refractivity contribution in [2.45, 2.75) is 23.8 Å². The Labute approximate surface area is 123 Å². The zero-order chi connectivity index (χ0) is 14.0. The molecule has 1 saturated heterocycles. The van der Waals surface area contributed by atoms with Crippen LogP contribution in [0.1, 0.15) is 12.8 Å². The smallest absolute Gasteiger partial charge is 0.244 e. The van der Waals surface area contributed by atoms with Crippen molar-refractivity contribution in [3.8, 4) is 0 Å². The van der Waals surface area contributed by atoms with Gasteiger partial charge in [-0.1, -0.05) is 29.3 Å². The molecule has 0 aliphatic carbocycles. The van der Waals surface area contributed by atoms with Gasteiger partial charge in [-0.3, -0.25) is 0 Å². The van der Waals surface area contributed by atoms with Gasteiger partial charge in [0.15, 0.2) is 0 Å².